The second kappa shape index (κ2) is 5.17. The predicted molar refractivity (Wildman–Crippen MR) is 39.9 cm³/mol. The lowest BCUT2D eigenvalue weighted by Crippen LogP contribution is -2.00. The summed E-state index contributed by atoms with van der Waals surface area (Å²) in [5, 5.41) is 0. The minimum Gasteiger partial charge on any atom is -0.432 e. The van der Waals surface area contributed by atoms with Gasteiger partial charge in [-0.25, -0.2) is 0 Å². The number of carbonyl (C=O) groups is 1. The van der Waals surface area contributed by atoms with Gasteiger partial charge in [-0.2, -0.15) is 8.78 Å². The zero-order valence-corrected chi connectivity index (χ0v) is 6.17. The minimum atomic E-state index is -3.00. The molecule has 0 fully saturated rings. The third-order valence-corrected chi connectivity index (χ3v) is 0.936. The van der Waals surface area contributed by atoms with Gasteiger partial charge in [-0.3, -0.25) is 9.79 Å². The van der Waals surface area contributed by atoms with Crippen LogP contribution in [0.15, 0.2) is 29.1 Å². The van der Waals surface area contributed by atoms with E-state index in [1.807, 2.05) is 0 Å². The molecule has 0 heterocycles. The first-order chi connectivity index (χ1) is 5.65. The largest absolute Gasteiger partial charge is 0.432 e. The molecule has 0 aromatic rings. The molecule has 0 spiro atoms. The minimum absolute atomic E-state index is 0.256. The SMILES string of the molecule is C=C/C(OC(F)F)=C(/C=O)N=C. The molecule has 0 aliphatic carbocycles. The molecule has 0 bridgehead atoms. The van der Waals surface area contributed by atoms with Crippen LogP contribution in [-0.2, 0) is 9.53 Å². The fourth-order valence-corrected chi connectivity index (χ4v) is 0.482. The topological polar surface area (TPSA) is 38.7 Å². The molecule has 0 aromatic carbocycles. The van der Waals surface area contributed by atoms with E-state index in [2.05, 4.69) is 23.0 Å². The van der Waals surface area contributed by atoms with E-state index < -0.39 is 6.61 Å². The van der Waals surface area contributed by atoms with Gasteiger partial charge in [-0.1, -0.05) is 6.58 Å². The van der Waals surface area contributed by atoms with Gasteiger partial charge in [0.1, 0.15) is 5.70 Å². The lowest BCUT2D eigenvalue weighted by molar-refractivity contribution is -0.106. The number of nitrogens with zero attached hydrogens (tertiary/aromatic N) is 1. The van der Waals surface area contributed by atoms with E-state index >= 15 is 0 Å². The molecule has 66 valence electrons. The first-order valence-corrected chi connectivity index (χ1v) is 2.89. The van der Waals surface area contributed by atoms with Gasteiger partial charge in [0.05, 0.1) is 0 Å². The molecule has 0 aromatic heterocycles. The molecule has 0 atom stereocenters. The molecule has 0 saturated carbocycles. The van der Waals surface area contributed by atoms with E-state index in [9.17, 15) is 13.6 Å². The van der Waals surface area contributed by atoms with Gasteiger partial charge in [0.25, 0.3) is 0 Å². The Labute approximate surface area is 68.1 Å². The monoisotopic (exact) mass is 175 g/mol. The standard InChI is InChI=1S/C7H7F2NO2/c1-3-6(12-7(8)9)5(4-11)10-2/h3-4,7H,1-2H2/b6-5+. The Morgan fingerprint density at radius 2 is 2.17 bits per heavy atom. The second-order valence-corrected chi connectivity index (χ2v) is 1.61. The molecule has 0 aliphatic rings. The van der Waals surface area contributed by atoms with Gasteiger partial charge in [0, 0.05) is 0 Å². The number of carbonyl (C=O) groups excluding carboxylic acids is 1. The van der Waals surface area contributed by atoms with Crippen LogP contribution in [0.2, 0.25) is 0 Å². The lowest BCUT2D eigenvalue weighted by Gasteiger charge is -2.04. The molecule has 0 N–H and O–H groups in total. The maximum absolute atomic E-state index is 11.6. The van der Waals surface area contributed by atoms with Crippen LogP contribution in [0.3, 0.4) is 0 Å². The number of allylic oxidation sites excluding steroid dienone is 2. The highest BCUT2D eigenvalue weighted by molar-refractivity contribution is 5.75. The summed E-state index contributed by atoms with van der Waals surface area (Å²) in [7, 11) is 0. The van der Waals surface area contributed by atoms with Gasteiger partial charge < -0.3 is 4.74 Å². The summed E-state index contributed by atoms with van der Waals surface area (Å²) in [6.07, 6.45) is 1.22. The molecular weight excluding hydrogens is 168 g/mol. The number of alkyl halides is 2. The highest BCUT2D eigenvalue weighted by Crippen LogP contribution is 2.10. The molecule has 0 unspecified atom stereocenters. The average Bonchev–Trinajstić information content (AvgIpc) is 2.04. The summed E-state index contributed by atoms with van der Waals surface area (Å²) in [5.74, 6) is -0.380. The zero-order chi connectivity index (χ0) is 9.56. The number of aliphatic imine (C=N–C) groups is 1. The molecule has 3 nitrogen and oxygen atoms in total. The third-order valence-electron chi connectivity index (χ3n) is 0.936. The Kier molecular flexibility index (Phi) is 4.52. The van der Waals surface area contributed by atoms with Crippen LogP contribution in [0.25, 0.3) is 0 Å². The Morgan fingerprint density at radius 3 is 2.42 bits per heavy atom. The molecule has 0 amide bonds. The summed E-state index contributed by atoms with van der Waals surface area (Å²) < 4.78 is 27.2. The fraction of sp³-hybridized carbons (Fsp3) is 0.143. The average molecular weight is 175 g/mol. The maximum atomic E-state index is 11.6. The van der Waals surface area contributed by atoms with Crippen LogP contribution in [0.4, 0.5) is 8.78 Å². The molecule has 5 heteroatoms. The van der Waals surface area contributed by atoms with Gasteiger partial charge in [-0.15, -0.1) is 0 Å². The van der Waals surface area contributed by atoms with Crippen molar-refractivity contribution in [1.82, 2.24) is 0 Å². The van der Waals surface area contributed by atoms with Crippen LogP contribution in [-0.4, -0.2) is 19.6 Å². The predicted octanol–water partition coefficient (Wildman–Crippen LogP) is 1.52. The van der Waals surface area contributed by atoms with Crippen LogP contribution in [0.1, 0.15) is 0 Å². The quantitative estimate of drug-likeness (QED) is 0.209. The number of hydrogen-bond acceptors (Lipinski definition) is 3. The van der Waals surface area contributed by atoms with Crippen molar-refractivity contribution in [2.75, 3.05) is 0 Å². The number of halogens is 2. The molecule has 12 heavy (non-hydrogen) atoms. The Hall–Kier alpha value is -1.52. The van der Waals surface area contributed by atoms with E-state index in [1.54, 1.807) is 0 Å². The fourth-order valence-electron chi connectivity index (χ4n) is 0.482. The first kappa shape index (κ1) is 10.5. The summed E-state index contributed by atoms with van der Waals surface area (Å²) >= 11 is 0. The van der Waals surface area contributed by atoms with Crippen molar-refractivity contribution in [1.29, 1.82) is 0 Å². The van der Waals surface area contributed by atoms with Crippen LogP contribution >= 0.6 is 0 Å². The Bertz CT molecular complexity index is 213. The Morgan fingerprint density at radius 1 is 1.58 bits per heavy atom. The van der Waals surface area contributed by atoms with Crippen molar-refractivity contribution in [2.45, 2.75) is 6.61 Å². The normalized spacial score (nSPS) is 11.9. The van der Waals surface area contributed by atoms with Gasteiger partial charge in [-0.05, 0) is 12.8 Å². The van der Waals surface area contributed by atoms with Gasteiger partial charge >= 0.3 is 6.61 Å². The van der Waals surface area contributed by atoms with Crippen molar-refractivity contribution in [3.05, 3.63) is 24.1 Å². The van der Waals surface area contributed by atoms with Crippen LogP contribution in [0.5, 0.6) is 0 Å². The van der Waals surface area contributed by atoms with E-state index in [1.165, 1.54) is 0 Å². The highest BCUT2D eigenvalue weighted by atomic mass is 19.3. The van der Waals surface area contributed by atoms with Crippen LogP contribution in [0, 0.1) is 0 Å². The van der Waals surface area contributed by atoms with E-state index in [4.69, 9.17) is 0 Å². The highest BCUT2D eigenvalue weighted by Gasteiger charge is 2.08. The smallest absolute Gasteiger partial charge is 0.387 e. The van der Waals surface area contributed by atoms with E-state index in [-0.39, 0.29) is 17.7 Å². The number of rotatable bonds is 5. The molecule has 0 aliphatic heterocycles. The summed E-state index contributed by atoms with van der Waals surface area (Å²) in [5.41, 5.74) is -0.301. The second-order valence-electron chi connectivity index (χ2n) is 1.61. The van der Waals surface area contributed by atoms with Crippen molar-refractivity contribution in [3.8, 4) is 0 Å². The molecular formula is C7H7F2NO2. The van der Waals surface area contributed by atoms with E-state index in [0.717, 1.165) is 6.08 Å². The Balaban J connectivity index is 4.68. The first-order valence-electron chi connectivity index (χ1n) is 2.89. The number of ether oxygens (including phenoxy) is 1. The van der Waals surface area contributed by atoms with Crippen molar-refractivity contribution in [3.63, 3.8) is 0 Å². The number of hydrogen-bond donors (Lipinski definition) is 0. The van der Waals surface area contributed by atoms with Gasteiger partial charge in [0.2, 0.25) is 0 Å². The van der Waals surface area contributed by atoms with Crippen molar-refractivity contribution < 1.29 is 18.3 Å². The number of aldehydes is 1. The lowest BCUT2D eigenvalue weighted by atomic mass is 10.4. The van der Waals surface area contributed by atoms with Crippen molar-refractivity contribution in [2.24, 2.45) is 4.99 Å². The van der Waals surface area contributed by atoms with E-state index in [0.29, 0.717) is 0 Å². The van der Waals surface area contributed by atoms with Crippen molar-refractivity contribution >= 4 is 13.0 Å². The summed E-state index contributed by atoms with van der Waals surface area (Å²) in [6.45, 7) is 3.16. The molecule has 0 rings (SSSR count). The third kappa shape index (κ3) is 3.05. The summed E-state index contributed by atoms with van der Waals surface area (Å²) in [6, 6.07) is 0. The maximum Gasteiger partial charge on any atom is 0.387 e. The zero-order valence-electron chi connectivity index (χ0n) is 6.17. The summed E-state index contributed by atoms with van der Waals surface area (Å²) in [4.78, 5) is 13.3. The molecule has 0 saturated heterocycles. The van der Waals surface area contributed by atoms with Gasteiger partial charge in [0.15, 0.2) is 12.0 Å². The molecule has 0 radical (unpaired) electrons. The van der Waals surface area contributed by atoms with Crippen LogP contribution < -0.4 is 0 Å².